The van der Waals surface area contributed by atoms with Crippen molar-refractivity contribution in [2.24, 2.45) is 0 Å². The predicted molar refractivity (Wildman–Crippen MR) is 77.9 cm³/mol. The molecule has 1 spiro atoms. The minimum absolute atomic E-state index is 0.0401. The van der Waals surface area contributed by atoms with Crippen LogP contribution in [-0.2, 0) is 4.79 Å². The maximum Gasteiger partial charge on any atom is 0.268 e. The number of ether oxygens (including phenoxy) is 1. The van der Waals surface area contributed by atoms with Crippen molar-refractivity contribution >= 4 is 34.7 Å². The molecule has 1 aromatic carbocycles. The summed E-state index contributed by atoms with van der Waals surface area (Å²) in [5.41, 5.74) is 0.393. The largest absolute Gasteiger partial charge is 0.475 e. The van der Waals surface area contributed by atoms with E-state index in [0.29, 0.717) is 17.1 Å². The number of hydrogen-bond acceptors (Lipinski definition) is 5. The molecule has 1 fully saturated rings. The van der Waals surface area contributed by atoms with Gasteiger partial charge in [0, 0.05) is 18.5 Å². The average Bonchev–Trinajstić information content (AvgIpc) is 3.25. The summed E-state index contributed by atoms with van der Waals surface area (Å²) in [4.78, 5) is 19.3. The summed E-state index contributed by atoms with van der Waals surface area (Å²) < 4.78 is 19.4. The van der Waals surface area contributed by atoms with E-state index in [0.717, 1.165) is 19.0 Å². The second kappa shape index (κ2) is 4.54. The zero-order chi connectivity index (χ0) is 15.3. The van der Waals surface area contributed by atoms with Gasteiger partial charge in [0.2, 0.25) is 5.28 Å². The molecule has 1 aliphatic heterocycles. The van der Waals surface area contributed by atoms with Gasteiger partial charge in [0.15, 0.2) is 17.2 Å². The minimum atomic E-state index is -0.686. The normalized spacial score (nSPS) is 17.5. The van der Waals surface area contributed by atoms with Crippen molar-refractivity contribution in [2.75, 3.05) is 10.6 Å². The molecule has 1 amide bonds. The van der Waals surface area contributed by atoms with E-state index in [2.05, 4.69) is 20.6 Å². The monoisotopic (exact) mass is 320 g/mol. The first-order valence-corrected chi connectivity index (χ1v) is 7.03. The van der Waals surface area contributed by atoms with E-state index >= 15 is 0 Å². The number of rotatable bonds is 2. The second-order valence-electron chi connectivity index (χ2n) is 5.22. The molecule has 0 radical (unpaired) electrons. The zero-order valence-electron chi connectivity index (χ0n) is 11.2. The van der Waals surface area contributed by atoms with Crippen LogP contribution in [0, 0.1) is 5.82 Å². The van der Waals surface area contributed by atoms with Gasteiger partial charge in [0.1, 0.15) is 5.75 Å². The first-order chi connectivity index (χ1) is 10.6. The molecule has 6 nitrogen and oxygen atoms in total. The van der Waals surface area contributed by atoms with Crippen molar-refractivity contribution < 1.29 is 13.9 Å². The van der Waals surface area contributed by atoms with E-state index < -0.39 is 11.4 Å². The van der Waals surface area contributed by atoms with Gasteiger partial charge in [0.05, 0.1) is 11.9 Å². The Bertz CT molecular complexity index is 794. The highest BCUT2D eigenvalue weighted by molar-refractivity contribution is 6.28. The Kier molecular flexibility index (Phi) is 2.74. The smallest absolute Gasteiger partial charge is 0.268 e. The number of anilines is 3. The molecular formula is C14H10ClFN4O2. The van der Waals surface area contributed by atoms with Crippen molar-refractivity contribution in [3.05, 3.63) is 35.5 Å². The first kappa shape index (κ1) is 13.3. The number of hydrogen-bond donors (Lipinski definition) is 2. The lowest BCUT2D eigenvalue weighted by atomic mass is 10.2. The Labute approximate surface area is 129 Å². The third kappa shape index (κ3) is 2.14. The molecule has 1 saturated carbocycles. The van der Waals surface area contributed by atoms with Crippen LogP contribution in [0.2, 0.25) is 5.28 Å². The number of benzene rings is 1. The van der Waals surface area contributed by atoms with Crippen molar-refractivity contribution in [1.29, 1.82) is 0 Å². The lowest BCUT2D eigenvalue weighted by Crippen LogP contribution is -2.38. The molecule has 0 atom stereocenters. The Morgan fingerprint density at radius 3 is 3.00 bits per heavy atom. The lowest BCUT2D eigenvalue weighted by molar-refractivity contribution is -0.125. The third-order valence-corrected chi connectivity index (χ3v) is 3.81. The van der Waals surface area contributed by atoms with E-state index in [9.17, 15) is 9.18 Å². The van der Waals surface area contributed by atoms with Gasteiger partial charge in [0.25, 0.3) is 5.91 Å². The highest BCUT2D eigenvalue weighted by Crippen LogP contribution is 2.47. The number of carbonyl (C=O) groups is 1. The fourth-order valence-electron chi connectivity index (χ4n) is 2.30. The van der Waals surface area contributed by atoms with Crippen molar-refractivity contribution in [1.82, 2.24) is 9.97 Å². The van der Waals surface area contributed by atoms with Gasteiger partial charge in [-0.15, -0.1) is 0 Å². The molecule has 1 aliphatic carbocycles. The van der Waals surface area contributed by atoms with Crippen LogP contribution >= 0.6 is 11.6 Å². The maximum atomic E-state index is 13.6. The number of nitrogens with one attached hydrogen (secondary N) is 2. The Hall–Kier alpha value is -2.41. The van der Waals surface area contributed by atoms with E-state index in [1.165, 1.54) is 0 Å². The first-order valence-electron chi connectivity index (χ1n) is 6.65. The van der Waals surface area contributed by atoms with Crippen LogP contribution in [0.5, 0.6) is 5.75 Å². The van der Waals surface area contributed by atoms with Crippen LogP contribution in [0.3, 0.4) is 0 Å². The van der Waals surface area contributed by atoms with Crippen molar-refractivity contribution in [3.63, 3.8) is 0 Å². The van der Waals surface area contributed by atoms with E-state index in [1.54, 1.807) is 18.2 Å². The van der Waals surface area contributed by atoms with Gasteiger partial charge >= 0.3 is 0 Å². The quantitative estimate of drug-likeness (QED) is 0.832. The Morgan fingerprint density at radius 2 is 2.23 bits per heavy atom. The highest BCUT2D eigenvalue weighted by atomic mass is 35.5. The fraction of sp³-hybridized carbons (Fsp3) is 0.214. The molecule has 0 unspecified atom stereocenters. The highest BCUT2D eigenvalue weighted by Gasteiger charge is 2.55. The molecule has 2 N–H and O–H groups in total. The molecule has 8 heteroatoms. The van der Waals surface area contributed by atoms with Gasteiger partial charge in [-0.25, -0.2) is 9.37 Å². The standard InChI is InChI=1S/C14H10ClFN4O2/c15-13-17-6-8(16)11(20-13)18-7-1-2-10-9(5-7)19-12(21)14(22-10)3-4-14/h1-2,5-6H,3-4H2,(H,19,21)(H,17,18,20). The zero-order valence-corrected chi connectivity index (χ0v) is 11.9. The summed E-state index contributed by atoms with van der Waals surface area (Å²) in [6.45, 7) is 0. The topological polar surface area (TPSA) is 76.1 Å². The molecular weight excluding hydrogens is 311 g/mol. The van der Waals surface area contributed by atoms with E-state index in [-0.39, 0.29) is 17.0 Å². The maximum absolute atomic E-state index is 13.6. The van der Waals surface area contributed by atoms with Gasteiger partial charge in [-0.05, 0) is 29.8 Å². The van der Waals surface area contributed by atoms with Crippen LogP contribution in [0.4, 0.5) is 21.6 Å². The summed E-state index contributed by atoms with van der Waals surface area (Å²) in [6, 6.07) is 5.08. The molecule has 22 heavy (non-hydrogen) atoms. The molecule has 2 aromatic rings. The minimum Gasteiger partial charge on any atom is -0.475 e. The molecule has 0 saturated heterocycles. The summed E-state index contributed by atoms with van der Waals surface area (Å²) in [6.07, 6.45) is 2.43. The lowest BCUT2D eigenvalue weighted by Gasteiger charge is -2.26. The van der Waals surface area contributed by atoms with Crippen LogP contribution in [0.1, 0.15) is 12.8 Å². The SMILES string of the molecule is O=C1Nc2cc(Nc3nc(Cl)ncc3F)ccc2OC12CC2. The molecule has 4 rings (SSSR count). The van der Waals surface area contributed by atoms with Crippen LogP contribution < -0.4 is 15.4 Å². The van der Waals surface area contributed by atoms with Gasteiger partial charge < -0.3 is 15.4 Å². The van der Waals surface area contributed by atoms with E-state index in [4.69, 9.17) is 16.3 Å². The number of aromatic nitrogens is 2. The van der Waals surface area contributed by atoms with Crippen LogP contribution in [0.15, 0.2) is 24.4 Å². The average molecular weight is 321 g/mol. The van der Waals surface area contributed by atoms with E-state index in [1.807, 2.05) is 0 Å². The van der Waals surface area contributed by atoms with Crippen molar-refractivity contribution in [2.45, 2.75) is 18.4 Å². The summed E-state index contributed by atoms with van der Waals surface area (Å²) >= 11 is 5.65. The number of fused-ring (bicyclic) bond motifs is 1. The fourth-order valence-corrected chi connectivity index (χ4v) is 2.43. The number of nitrogens with zero attached hydrogens (tertiary/aromatic N) is 2. The summed E-state index contributed by atoms with van der Waals surface area (Å²) in [5, 5.41) is 5.54. The molecule has 2 aliphatic rings. The van der Waals surface area contributed by atoms with Crippen LogP contribution in [-0.4, -0.2) is 21.5 Å². The third-order valence-electron chi connectivity index (χ3n) is 3.63. The molecule has 2 heterocycles. The number of amides is 1. The van der Waals surface area contributed by atoms with Gasteiger partial charge in [-0.1, -0.05) is 0 Å². The van der Waals surface area contributed by atoms with Crippen molar-refractivity contribution in [3.8, 4) is 5.75 Å². The van der Waals surface area contributed by atoms with Gasteiger partial charge in [-0.2, -0.15) is 4.98 Å². The van der Waals surface area contributed by atoms with Crippen LogP contribution in [0.25, 0.3) is 0 Å². The Balaban J connectivity index is 1.63. The summed E-state index contributed by atoms with van der Waals surface area (Å²) in [5.74, 6) is -0.210. The molecule has 112 valence electrons. The summed E-state index contributed by atoms with van der Waals surface area (Å²) in [7, 11) is 0. The molecule has 0 bridgehead atoms. The molecule has 1 aromatic heterocycles. The second-order valence-corrected chi connectivity index (χ2v) is 5.56. The Morgan fingerprint density at radius 1 is 1.41 bits per heavy atom. The predicted octanol–water partition coefficient (Wildman–Crippen LogP) is 2.88. The number of halogens is 2. The number of carbonyl (C=O) groups excluding carboxylic acids is 1. The van der Waals surface area contributed by atoms with Gasteiger partial charge in [-0.3, -0.25) is 4.79 Å².